The van der Waals surface area contributed by atoms with Crippen LogP contribution in [0, 0.1) is 0 Å². The highest BCUT2D eigenvalue weighted by atomic mass is 16.7. The van der Waals surface area contributed by atoms with Gasteiger partial charge in [0.2, 0.25) is 0 Å². The number of nitrogens with one attached hydrogen (secondary N) is 2. The number of amidine groups is 1. The molecule has 2 amide bonds. The number of alkyl carbamates (subject to hydrolysis) is 1. The average molecular weight is 646 g/mol. The van der Waals surface area contributed by atoms with Crippen LogP contribution in [-0.4, -0.2) is 53.2 Å². The van der Waals surface area contributed by atoms with Crippen LogP contribution >= 0.6 is 0 Å². The van der Waals surface area contributed by atoms with Crippen molar-refractivity contribution in [2.75, 3.05) is 25.0 Å². The highest BCUT2D eigenvalue weighted by molar-refractivity contribution is 6.10. The van der Waals surface area contributed by atoms with Crippen molar-refractivity contribution >= 4 is 29.6 Å². The van der Waals surface area contributed by atoms with Crippen molar-refractivity contribution in [3.8, 4) is 0 Å². The molecule has 0 bridgehead atoms. The molecule has 0 radical (unpaired) electrons. The molecule has 0 fully saturated rings. The summed E-state index contributed by atoms with van der Waals surface area (Å²) in [6, 6.07) is 32.4. The molecule has 248 valence electrons. The second-order valence-corrected chi connectivity index (χ2v) is 12.5. The van der Waals surface area contributed by atoms with Crippen molar-refractivity contribution in [2.24, 2.45) is 4.99 Å². The molecule has 48 heavy (non-hydrogen) atoms. The zero-order chi connectivity index (χ0) is 34.0. The third-order valence-corrected chi connectivity index (χ3v) is 7.64. The fraction of sp³-hybridized carbons (Fsp3) is 0.282. The molecule has 2 heterocycles. The lowest BCUT2D eigenvalue weighted by Crippen LogP contribution is -2.38. The molecule has 0 unspecified atom stereocenters. The summed E-state index contributed by atoms with van der Waals surface area (Å²) in [7, 11) is 0. The molecule has 0 spiro atoms. The van der Waals surface area contributed by atoms with Crippen molar-refractivity contribution in [1.29, 1.82) is 0 Å². The number of anilines is 1. The Bertz CT molecular complexity index is 1640. The van der Waals surface area contributed by atoms with Crippen LogP contribution in [0.4, 0.5) is 10.5 Å². The Kier molecular flexibility index (Phi) is 11.0. The highest BCUT2D eigenvalue weighted by Gasteiger charge is 2.37. The maximum absolute atomic E-state index is 14.2. The summed E-state index contributed by atoms with van der Waals surface area (Å²) in [5.74, 6) is 0.318. The van der Waals surface area contributed by atoms with E-state index in [2.05, 4.69) is 52.0 Å². The molecule has 3 aromatic carbocycles. The number of aromatic nitrogens is 1. The molecule has 5 rings (SSSR count). The molecule has 0 saturated carbocycles. The molecular formula is C39H43N5O4. The summed E-state index contributed by atoms with van der Waals surface area (Å²) >= 11 is 0. The molecule has 1 aromatic heterocycles. The average Bonchev–Trinajstić information content (AvgIpc) is 3.28. The van der Waals surface area contributed by atoms with Crippen molar-refractivity contribution < 1.29 is 19.2 Å². The highest BCUT2D eigenvalue weighted by Crippen LogP contribution is 2.41. The first kappa shape index (κ1) is 34.1. The van der Waals surface area contributed by atoms with Crippen LogP contribution < -0.4 is 10.6 Å². The maximum Gasteiger partial charge on any atom is 0.407 e. The number of amides is 2. The number of fused-ring (bicyclic) bond motifs is 1. The van der Waals surface area contributed by atoms with Gasteiger partial charge in [-0.15, -0.1) is 0 Å². The summed E-state index contributed by atoms with van der Waals surface area (Å²) in [5, 5.41) is 7.57. The molecule has 9 nitrogen and oxygen atoms in total. The van der Waals surface area contributed by atoms with Crippen LogP contribution in [0.15, 0.2) is 120 Å². The summed E-state index contributed by atoms with van der Waals surface area (Å²) in [6.07, 6.45) is 5.66. The third-order valence-electron chi connectivity index (χ3n) is 7.64. The third kappa shape index (κ3) is 8.35. The minimum absolute atomic E-state index is 0.0943. The largest absolute Gasteiger partial charge is 0.444 e. The van der Waals surface area contributed by atoms with Gasteiger partial charge in [0.25, 0.3) is 5.91 Å². The number of carbonyl (C=O) groups is 2. The van der Waals surface area contributed by atoms with E-state index in [1.165, 1.54) is 5.06 Å². The van der Waals surface area contributed by atoms with E-state index in [9.17, 15) is 9.59 Å². The standard InChI is InChI=1S/C39H43N5O4/c1-5-24-44(47-25-23-41-37(46)48-38(2,3)4)36(45)30-26-29-21-22-40-28-34(29)42-35(27-30)43-39(31-15-9-6-10-16-31,32-17-11-7-12-18-32)33-19-13-8-14-20-33/h6-22,26,28H,5,23-25,27H2,1-4H3,(H,41,46)(H,42,43). The van der Waals surface area contributed by atoms with Crippen molar-refractivity contribution in [3.63, 3.8) is 0 Å². The summed E-state index contributed by atoms with van der Waals surface area (Å²) < 4.78 is 5.31. The molecule has 4 aromatic rings. The molecule has 1 aliphatic rings. The monoisotopic (exact) mass is 645 g/mol. The van der Waals surface area contributed by atoms with Crippen LogP contribution in [0.5, 0.6) is 0 Å². The van der Waals surface area contributed by atoms with E-state index in [0.29, 0.717) is 24.4 Å². The first-order valence-electron chi connectivity index (χ1n) is 16.3. The van der Waals surface area contributed by atoms with Gasteiger partial charge in [0, 0.05) is 36.8 Å². The lowest BCUT2D eigenvalue weighted by Gasteiger charge is -2.33. The molecule has 0 aliphatic carbocycles. The predicted molar refractivity (Wildman–Crippen MR) is 189 cm³/mol. The molecule has 9 heteroatoms. The topological polar surface area (TPSA) is 105 Å². The SMILES string of the molecule is CCCN(OCCNC(=O)OC(C)(C)C)C(=O)C1=Cc2ccncc2NC(=NC(c2ccccc2)(c2ccccc2)c2ccccc2)C1. The van der Waals surface area contributed by atoms with Gasteiger partial charge in [-0.05, 0) is 56.0 Å². The Hall–Kier alpha value is -5.28. The summed E-state index contributed by atoms with van der Waals surface area (Å²) in [5.41, 5.74) is 3.47. The zero-order valence-electron chi connectivity index (χ0n) is 28.0. The molecule has 2 N–H and O–H groups in total. The van der Waals surface area contributed by atoms with E-state index in [1.54, 1.807) is 33.2 Å². The number of carbonyl (C=O) groups excluding carboxylic acids is 2. The van der Waals surface area contributed by atoms with E-state index in [0.717, 1.165) is 27.9 Å². The van der Waals surface area contributed by atoms with Crippen LogP contribution in [0.25, 0.3) is 6.08 Å². The van der Waals surface area contributed by atoms with Crippen LogP contribution in [0.2, 0.25) is 0 Å². The van der Waals surface area contributed by atoms with Gasteiger partial charge in [-0.2, -0.15) is 0 Å². The zero-order valence-corrected chi connectivity index (χ0v) is 28.0. The normalized spacial score (nSPS) is 13.8. The summed E-state index contributed by atoms with van der Waals surface area (Å²) in [6.45, 7) is 8.02. The second-order valence-electron chi connectivity index (χ2n) is 12.5. The van der Waals surface area contributed by atoms with Gasteiger partial charge in [-0.25, -0.2) is 9.86 Å². The quantitative estimate of drug-likeness (QED) is 0.100. The predicted octanol–water partition coefficient (Wildman–Crippen LogP) is 7.37. The van der Waals surface area contributed by atoms with Crippen LogP contribution in [0.3, 0.4) is 0 Å². The lowest BCUT2D eigenvalue weighted by atomic mass is 9.77. The van der Waals surface area contributed by atoms with Crippen molar-refractivity contribution in [2.45, 2.75) is 51.7 Å². The van der Waals surface area contributed by atoms with Gasteiger partial charge < -0.3 is 15.4 Å². The van der Waals surface area contributed by atoms with Crippen molar-refractivity contribution in [1.82, 2.24) is 15.4 Å². The number of ether oxygens (including phenoxy) is 1. The minimum Gasteiger partial charge on any atom is -0.444 e. The van der Waals surface area contributed by atoms with Crippen LogP contribution in [0.1, 0.15) is 62.8 Å². The second kappa shape index (κ2) is 15.5. The fourth-order valence-electron chi connectivity index (χ4n) is 5.60. The lowest BCUT2D eigenvalue weighted by molar-refractivity contribution is -0.181. The molecule has 0 saturated heterocycles. The van der Waals surface area contributed by atoms with Crippen LogP contribution in [-0.2, 0) is 19.9 Å². The van der Waals surface area contributed by atoms with E-state index in [4.69, 9.17) is 14.6 Å². The fourth-order valence-corrected chi connectivity index (χ4v) is 5.60. The molecule has 0 atom stereocenters. The first-order chi connectivity index (χ1) is 23.2. The number of nitrogens with zero attached hydrogens (tertiary/aromatic N) is 3. The number of pyridine rings is 1. The van der Waals surface area contributed by atoms with Gasteiger partial charge in [0.05, 0.1) is 18.5 Å². The Morgan fingerprint density at radius 1 is 0.896 bits per heavy atom. The van der Waals surface area contributed by atoms with E-state index in [-0.39, 0.29) is 25.5 Å². The maximum atomic E-state index is 14.2. The van der Waals surface area contributed by atoms with Gasteiger partial charge in [0.15, 0.2) is 0 Å². The smallest absolute Gasteiger partial charge is 0.407 e. The van der Waals surface area contributed by atoms with Crippen molar-refractivity contribution in [3.05, 3.63) is 137 Å². The van der Waals surface area contributed by atoms with E-state index >= 15 is 0 Å². The number of hydroxylamine groups is 2. The van der Waals surface area contributed by atoms with Gasteiger partial charge in [0.1, 0.15) is 17.0 Å². The Balaban J connectivity index is 1.53. The number of hydrogen-bond donors (Lipinski definition) is 2. The minimum atomic E-state index is -0.931. The first-order valence-corrected chi connectivity index (χ1v) is 16.3. The number of hydrogen-bond acceptors (Lipinski definition) is 6. The number of aliphatic imine (C=N–C) groups is 1. The van der Waals surface area contributed by atoms with Gasteiger partial charge in [-0.1, -0.05) is 97.9 Å². The summed E-state index contributed by atoms with van der Waals surface area (Å²) in [4.78, 5) is 42.2. The van der Waals surface area contributed by atoms with E-state index < -0.39 is 17.2 Å². The number of benzene rings is 3. The van der Waals surface area contributed by atoms with Gasteiger partial charge in [-0.3, -0.25) is 19.6 Å². The Morgan fingerprint density at radius 2 is 1.48 bits per heavy atom. The van der Waals surface area contributed by atoms with Gasteiger partial charge >= 0.3 is 6.09 Å². The number of rotatable bonds is 11. The molecular weight excluding hydrogens is 602 g/mol. The Labute approximate surface area is 282 Å². The molecule has 1 aliphatic heterocycles. The van der Waals surface area contributed by atoms with E-state index in [1.807, 2.05) is 73.7 Å². The Morgan fingerprint density at radius 3 is 2.02 bits per heavy atom.